The molecule has 0 aliphatic heterocycles. The molecule has 1 heterocycles. The Hall–Kier alpha value is -2.59. The molecule has 4 saturated carbocycles. The molecule has 6 rings (SSSR count). The molecule has 1 aromatic carbocycles. The van der Waals surface area contributed by atoms with Crippen LogP contribution in [0.5, 0.6) is 0 Å². The maximum atomic E-state index is 13.7. The number of benzene rings is 1. The monoisotopic (exact) mass is 568 g/mol. The van der Waals surface area contributed by atoms with E-state index < -0.39 is 29.0 Å². The Kier molecular flexibility index (Phi) is 7.01. The predicted octanol–water partition coefficient (Wildman–Crippen LogP) is 7.31. The Labute approximate surface area is 227 Å². The van der Waals surface area contributed by atoms with E-state index >= 15 is 0 Å². The minimum Gasteiger partial charge on any atom is -0.462 e. The number of hydrogen-bond donors (Lipinski definition) is 2. The zero-order chi connectivity index (χ0) is 27.4. The van der Waals surface area contributed by atoms with Gasteiger partial charge in [-0.3, -0.25) is 9.59 Å². The van der Waals surface area contributed by atoms with Gasteiger partial charge in [0.2, 0.25) is 5.91 Å². The number of nitrogens with one attached hydrogen (secondary N) is 2. The van der Waals surface area contributed by atoms with Gasteiger partial charge in [-0.25, -0.2) is 4.79 Å². The summed E-state index contributed by atoms with van der Waals surface area (Å²) in [5.41, 5.74) is -1.30. The lowest BCUT2D eigenvalue weighted by molar-refractivity contribution is -0.140. The summed E-state index contributed by atoms with van der Waals surface area (Å²) in [6, 6.07) is 2.64. The van der Waals surface area contributed by atoms with Gasteiger partial charge in [0.25, 0.3) is 5.91 Å². The molecule has 0 saturated heterocycles. The van der Waals surface area contributed by atoms with Crippen LogP contribution >= 0.6 is 22.9 Å². The molecule has 0 radical (unpaired) electrons. The van der Waals surface area contributed by atoms with E-state index in [1.807, 2.05) is 0 Å². The molecular weight excluding hydrogens is 541 g/mol. The van der Waals surface area contributed by atoms with E-state index in [0.29, 0.717) is 17.8 Å². The van der Waals surface area contributed by atoms with Gasteiger partial charge < -0.3 is 15.4 Å². The second-order valence-corrected chi connectivity index (χ2v) is 12.2. The summed E-state index contributed by atoms with van der Waals surface area (Å²) in [4.78, 5) is 39.8. The summed E-state index contributed by atoms with van der Waals surface area (Å²) >= 11 is 6.96. The summed E-state index contributed by atoms with van der Waals surface area (Å²) in [6.45, 7) is 3.29. The van der Waals surface area contributed by atoms with Gasteiger partial charge in [-0.05, 0) is 93.9 Å². The van der Waals surface area contributed by atoms with E-state index in [-0.39, 0.29) is 44.2 Å². The third-order valence-corrected chi connectivity index (χ3v) is 9.66. The molecule has 6 nitrogen and oxygen atoms in total. The first-order chi connectivity index (χ1) is 17.9. The topological polar surface area (TPSA) is 84.5 Å². The van der Waals surface area contributed by atoms with Crippen LogP contribution in [0.4, 0.5) is 23.9 Å². The molecule has 2 N–H and O–H groups in total. The number of carbonyl (C=O) groups is 3. The molecule has 0 atom stereocenters. The molecule has 11 heteroatoms. The Balaban J connectivity index is 1.44. The summed E-state index contributed by atoms with van der Waals surface area (Å²) in [7, 11) is 0. The Morgan fingerprint density at radius 1 is 1.08 bits per heavy atom. The number of carbonyl (C=O) groups excluding carboxylic acids is 3. The molecule has 204 valence electrons. The van der Waals surface area contributed by atoms with Crippen LogP contribution in [-0.2, 0) is 15.7 Å². The lowest BCUT2D eigenvalue weighted by Gasteiger charge is -2.55. The number of amides is 2. The molecule has 38 heavy (non-hydrogen) atoms. The van der Waals surface area contributed by atoms with E-state index in [1.54, 1.807) is 13.8 Å². The van der Waals surface area contributed by atoms with Gasteiger partial charge >= 0.3 is 12.1 Å². The number of hydrogen-bond acceptors (Lipinski definition) is 5. The molecule has 4 aliphatic carbocycles. The number of rotatable bonds is 6. The lowest BCUT2D eigenvalue weighted by Crippen LogP contribution is -2.51. The molecule has 2 aromatic rings. The average Bonchev–Trinajstić information content (AvgIpc) is 3.14. The molecule has 2 amide bonds. The highest BCUT2D eigenvalue weighted by Crippen LogP contribution is 2.60. The third-order valence-electron chi connectivity index (χ3n) is 8.12. The van der Waals surface area contributed by atoms with E-state index in [2.05, 4.69) is 10.6 Å². The van der Waals surface area contributed by atoms with Crippen molar-refractivity contribution in [3.05, 3.63) is 44.8 Å². The van der Waals surface area contributed by atoms with E-state index in [4.69, 9.17) is 16.3 Å². The van der Waals surface area contributed by atoms with Crippen LogP contribution in [0, 0.1) is 30.1 Å². The third kappa shape index (κ3) is 4.93. The zero-order valence-electron chi connectivity index (χ0n) is 21.0. The minimum atomic E-state index is -4.62. The van der Waals surface area contributed by atoms with Crippen LogP contribution in [0.1, 0.15) is 76.6 Å². The van der Waals surface area contributed by atoms with E-state index in [1.165, 1.54) is 19.3 Å². The van der Waals surface area contributed by atoms with Crippen LogP contribution in [0.2, 0.25) is 5.02 Å². The number of anilines is 2. The van der Waals surface area contributed by atoms with Crippen molar-refractivity contribution in [1.82, 2.24) is 0 Å². The number of alkyl halides is 3. The second kappa shape index (κ2) is 9.86. The van der Waals surface area contributed by atoms with Crippen LogP contribution < -0.4 is 10.6 Å². The fourth-order valence-corrected chi connectivity index (χ4v) is 8.12. The molecule has 0 unspecified atom stereocenters. The first kappa shape index (κ1) is 27.0. The van der Waals surface area contributed by atoms with Crippen molar-refractivity contribution in [2.24, 2.45) is 23.2 Å². The molecular formula is C27H28ClF3N2O4S. The Morgan fingerprint density at radius 3 is 2.24 bits per heavy atom. The zero-order valence-corrected chi connectivity index (χ0v) is 22.5. The highest BCUT2D eigenvalue weighted by Gasteiger charge is 2.54. The molecule has 0 spiro atoms. The maximum absolute atomic E-state index is 13.7. The highest BCUT2D eigenvalue weighted by molar-refractivity contribution is 7.19. The van der Waals surface area contributed by atoms with Gasteiger partial charge in [0.05, 0.1) is 38.7 Å². The Bertz CT molecular complexity index is 1270. The summed E-state index contributed by atoms with van der Waals surface area (Å²) in [5.74, 6) is 0.0597. The average molecular weight is 569 g/mol. The van der Waals surface area contributed by atoms with Crippen molar-refractivity contribution in [2.75, 3.05) is 17.2 Å². The van der Waals surface area contributed by atoms with Gasteiger partial charge in [0, 0.05) is 0 Å². The van der Waals surface area contributed by atoms with Gasteiger partial charge in [0.15, 0.2) is 0 Å². The van der Waals surface area contributed by atoms with E-state index in [9.17, 15) is 27.6 Å². The SMILES string of the molecule is CCOC(=O)c1c(NC(=O)C23CC4CC(CC(C4)C2)C3)sc(C(=O)Nc2cc(C(F)(F)F)ccc2Cl)c1C. The minimum absolute atomic E-state index is 0.0680. The number of esters is 1. The summed E-state index contributed by atoms with van der Waals surface area (Å²) in [5, 5.41) is 5.52. The van der Waals surface area contributed by atoms with Gasteiger partial charge in [0.1, 0.15) is 5.00 Å². The fraction of sp³-hybridized carbons (Fsp3) is 0.519. The highest BCUT2D eigenvalue weighted by atomic mass is 35.5. The van der Waals surface area contributed by atoms with Crippen LogP contribution in [0.25, 0.3) is 0 Å². The van der Waals surface area contributed by atoms with Gasteiger partial charge in [-0.15, -0.1) is 11.3 Å². The number of halogens is 4. The van der Waals surface area contributed by atoms with Gasteiger partial charge in [-0.1, -0.05) is 11.6 Å². The summed E-state index contributed by atoms with van der Waals surface area (Å²) in [6.07, 6.45) is 1.36. The van der Waals surface area contributed by atoms with Crippen molar-refractivity contribution in [3.8, 4) is 0 Å². The standard InChI is InChI=1S/C27H28ClF3N2O4S/c1-3-37-24(35)20-13(2)21(22(34)32-19-9-17(27(29,30)31)4-5-18(19)28)38-23(20)33-25(36)26-10-14-6-15(11-26)8-16(7-14)12-26/h4-5,9,14-16H,3,6-8,10-12H2,1-2H3,(H,32,34)(H,33,36). The van der Waals surface area contributed by atoms with Crippen molar-refractivity contribution in [2.45, 2.75) is 58.5 Å². The number of ether oxygens (including phenoxy) is 1. The quantitative estimate of drug-likeness (QED) is 0.358. The first-order valence-corrected chi connectivity index (χ1v) is 13.9. The van der Waals surface area contributed by atoms with Crippen molar-refractivity contribution in [1.29, 1.82) is 0 Å². The fourth-order valence-electron chi connectivity index (χ4n) is 6.87. The molecule has 4 bridgehead atoms. The van der Waals surface area contributed by atoms with Crippen molar-refractivity contribution < 1.29 is 32.3 Å². The van der Waals surface area contributed by atoms with E-state index in [0.717, 1.165) is 48.8 Å². The lowest BCUT2D eigenvalue weighted by atomic mass is 9.49. The van der Waals surface area contributed by atoms with Gasteiger partial charge in [-0.2, -0.15) is 13.2 Å². The van der Waals surface area contributed by atoms with Crippen LogP contribution in [0.3, 0.4) is 0 Å². The predicted molar refractivity (Wildman–Crippen MR) is 139 cm³/mol. The smallest absolute Gasteiger partial charge is 0.416 e. The second-order valence-electron chi connectivity index (χ2n) is 10.8. The Morgan fingerprint density at radius 2 is 1.68 bits per heavy atom. The number of thiophene rings is 1. The molecule has 4 aliphatic rings. The molecule has 4 fully saturated rings. The van der Waals surface area contributed by atoms with Crippen LogP contribution in [-0.4, -0.2) is 24.4 Å². The largest absolute Gasteiger partial charge is 0.462 e. The van der Waals surface area contributed by atoms with Crippen molar-refractivity contribution in [3.63, 3.8) is 0 Å². The molecule has 1 aromatic heterocycles. The summed E-state index contributed by atoms with van der Waals surface area (Å²) < 4.78 is 44.8. The normalized spacial score (nSPS) is 25.8. The van der Waals surface area contributed by atoms with Crippen LogP contribution in [0.15, 0.2) is 18.2 Å². The first-order valence-electron chi connectivity index (χ1n) is 12.7. The maximum Gasteiger partial charge on any atom is 0.416 e. The van der Waals surface area contributed by atoms with Crippen molar-refractivity contribution >= 4 is 51.4 Å².